The first-order valence-electron chi connectivity index (χ1n) is 10.2. The summed E-state index contributed by atoms with van der Waals surface area (Å²) >= 11 is 0. The summed E-state index contributed by atoms with van der Waals surface area (Å²) in [7, 11) is 0. The molecule has 0 heterocycles. The van der Waals surface area contributed by atoms with E-state index in [0.29, 0.717) is 23.7 Å². The van der Waals surface area contributed by atoms with Crippen LogP contribution in [0.3, 0.4) is 0 Å². The number of aldehydes is 1. The number of hydrogen-bond acceptors (Lipinski definition) is 3. The number of aliphatic hydroxyl groups is 1. The lowest BCUT2D eigenvalue weighted by Gasteiger charge is -2.59. The van der Waals surface area contributed by atoms with Crippen LogP contribution in [-0.2, 0) is 9.59 Å². The van der Waals surface area contributed by atoms with Crippen LogP contribution in [0.15, 0.2) is 11.6 Å². The molecule has 1 N–H and O–H groups in total. The summed E-state index contributed by atoms with van der Waals surface area (Å²) in [5.41, 5.74) is 1.26. The zero-order valence-electron chi connectivity index (χ0n) is 15.8. The molecule has 25 heavy (non-hydrogen) atoms. The van der Waals surface area contributed by atoms with Gasteiger partial charge in [-0.1, -0.05) is 26.3 Å². The second-order valence-corrected chi connectivity index (χ2v) is 9.78. The Balaban J connectivity index is 1.67. The normalized spacial score (nSPS) is 50.3. The minimum atomic E-state index is -0.525. The molecule has 0 radical (unpaired) electrons. The molecule has 0 aromatic rings. The molecule has 0 saturated heterocycles. The molecule has 0 aromatic heterocycles. The van der Waals surface area contributed by atoms with Gasteiger partial charge in [0.2, 0.25) is 0 Å². The lowest BCUT2D eigenvalue weighted by Crippen LogP contribution is -2.55. The van der Waals surface area contributed by atoms with Gasteiger partial charge < -0.3 is 9.90 Å². The van der Waals surface area contributed by atoms with E-state index in [9.17, 15) is 14.7 Å². The highest BCUT2D eigenvalue weighted by Crippen LogP contribution is 2.67. The monoisotopic (exact) mass is 344 g/mol. The van der Waals surface area contributed by atoms with Crippen LogP contribution in [0.25, 0.3) is 0 Å². The van der Waals surface area contributed by atoms with Crippen molar-refractivity contribution in [2.75, 3.05) is 0 Å². The van der Waals surface area contributed by atoms with Gasteiger partial charge in [-0.15, -0.1) is 0 Å². The molecule has 3 saturated carbocycles. The summed E-state index contributed by atoms with van der Waals surface area (Å²) in [5, 5.41) is 10.8. The van der Waals surface area contributed by atoms with Gasteiger partial charge in [0.25, 0.3) is 0 Å². The number of rotatable bonds is 2. The van der Waals surface area contributed by atoms with E-state index in [4.69, 9.17) is 0 Å². The Morgan fingerprint density at radius 3 is 2.68 bits per heavy atom. The van der Waals surface area contributed by atoms with E-state index in [0.717, 1.165) is 32.0 Å². The van der Waals surface area contributed by atoms with Gasteiger partial charge in [-0.25, -0.2) is 0 Å². The van der Waals surface area contributed by atoms with Gasteiger partial charge in [-0.3, -0.25) is 4.79 Å². The topological polar surface area (TPSA) is 54.4 Å². The second kappa shape index (κ2) is 5.77. The average molecular weight is 344 g/mol. The fourth-order valence-corrected chi connectivity index (χ4v) is 7.61. The molecule has 0 bridgehead atoms. The highest BCUT2D eigenvalue weighted by atomic mass is 16.3. The molecule has 0 amide bonds. The van der Waals surface area contributed by atoms with Crippen LogP contribution in [0.4, 0.5) is 0 Å². The minimum absolute atomic E-state index is 0.0970. The van der Waals surface area contributed by atoms with E-state index in [1.807, 2.05) is 6.08 Å². The van der Waals surface area contributed by atoms with Gasteiger partial charge in [-0.2, -0.15) is 0 Å². The van der Waals surface area contributed by atoms with Crippen LogP contribution >= 0.6 is 0 Å². The van der Waals surface area contributed by atoms with E-state index >= 15 is 0 Å². The molecular formula is C22H32O3. The van der Waals surface area contributed by atoms with Crippen LogP contribution in [-0.4, -0.2) is 23.3 Å². The van der Waals surface area contributed by atoms with Crippen molar-refractivity contribution in [2.45, 2.75) is 71.8 Å². The third-order valence-corrected chi connectivity index (χ3v) is 8.99. The SMILES string of the molecule is CC(C=O)[C@H]1CC[C@H]2[C@@H]3CCC4=CC(=O)CC(O)[C@]4(C)[C@H]3CC[C@]12C. The van der Waals surface area contributed by atoms with E-state index in [1.54, 1.807) is 0 Å². The van der Waals surface area contributed by atoms with Crippen LogP contribution in [0, 0.1) is 40.4 Å². The Morgan fingerprint density at radius 2 is 1.96 bits per heavy atom. The predicted octanol–water partition coefficient (Wildman–Crippen LogP) is 3.94. The van der Waals surface area contributed by atoms with Crippen molar-refractivity contribution in [2.24, 2.45) is 40.4 Å². The molecule has 0 aliphatic heterocycles. The van der Waals surface area contributed by atoms with E-state index in [1.165, 1.54) is 18.4 Å². The highest BCUT2D eigenvalue weighted by molar-refractivity contribution is 5.92. The van der Waals surface area contributed by atoms with Gasteiger partial charge in [-0.05, 0) is 73.7 Å². The van der Waals surface area contributed by atoms with Crippen molar-refractivity contribution in [1.82, 2.24) is 0 Å². The van der Waals surface area contributed by atoms with Crippen molar-refractivity contribution in [3.8, 4) is 0 Å². The molecule has 2 unspecified atom stereocenters. The van der Waals surface area contributed by atoms with Gasteiger partial charge in [0.15, 0.2) is 5.78 Å². The first kappa shape index (κ1) is 17.5. The molecule has 0 aromatic carbocycles. The lowest BCUT2D eigenvalue weighted by atomic mass is 9.46. The van der Waals surface area contributed by atoms with E-state index < -0.39 is 6.10 Å². The number of fused-ring (bicyclic) bond motifs is 5. The van der Waals surface area contributed by atoms with Crippen LogP contribution in [0.2, 0.25) is 0 Å². The minimum Gasteiger partial charge on any atom is -0.392 e. The summed E-state index contributed by atoms with van der Waals surface area (Å²) in [6.07, 6.45) is 9.56. The first-order chi connectivity index (χ1) is 11.8. The maximum atomic E-state index is 11.9. The number of aliphatic hydroxyl groups excluding tert-OH is 1. The fourth-order valence-electron chi connectivity index (χ4n) is 7.61. The van der Waals surface area contributed by atoms with Crippen LogP contribution in [0.1, 0.15) is 65.7 Å². The van der Waals surface area contributed by atoms with Crippen molar-refractivity contribution >= 4 is 12.1 Å². The van der Waals surface area contributed by atoms with Crippen molar-refractivity contribution in [3.63, 3.8) is 0 Å². The standard InChI is InChI=1S/C22H32O3/c1-13(12-23)17-6-7-18-16-5-4-14-10-15(24)11-20(25)22(14,3)19(16)8-9-21(17,18)2/h10,12-13,16-20,25H,4-9,11H2,1-3H3/t13?,16-,17+,18-,19-,20?,21+,22-/m0/s1. The molecule has 3 nitrogen and oxygen atoms in total. The molecule has 3 heteroatoms. The molecular weight excluding hydrogens is 312 g/mol. The number of ketones is 1. The maximum Gasteiger partial charge on any atom is 0.158 e. The maximum absolute atomic E-state index is 11.9. The predicted molar refractivity (Wildman–Crippen MR) is 96.8 cm³/mol. The summed E-state index contributed by atoms with van der Waals surface area (Å²) in [6, 6.07) is 0. The third kappa shape index (κ3) is 2.27. The molecule has 4 aliphatic carbocycles. The van der Waals surface area contributed by atoms with Crippen molar-refractivity contribution in [1.29, 1.82) is 0 Å². The Hall–Kier alpha value is -0.960. The smallest absolute Gasteiger partial charge is 0.158 e. The van der Waals surface area contributed by atoms with Gasteiger partial charge in [0, 0.05) is 17.8 Å². The highest BCUT2D eigenvalue weighted by Gasteiger charge is 2.61. The fraction of sp³-hybridized carbons (Fsp3) is 0.818. The Labute approximate surface area is 151 Å². The zero-order valence-corrected chi connectivity index (χ0v) is 15.8. The van der Waals surface area contributed by atoms with Crippen LogP contribution in [0.5, 0.6) is 0 Å². The molecule has 8 atom stereocenters. The Kier molecular flexibility index (Phi) is 4.03. The van der Waals surface area contributed by atoms with Crippen molar-refractivity contribution in [3.05, 3.63) is 11.6 Å². The van der Waals surface area contributed by atoms with E-state index in [-0.39, 0.29) is 29.0 Å². The second-order valence-electron chi connectivity index (χ2n) is 9.78. The molecule has 4 aliphatic rings. The van der Waals surface area contributed by atoms with Crippen LogP contribution < -0.4 is 0 Å². The molecule has 4 rings (SSSR count). The third-order valence-electron chi connectivity index (χ3n) is 8.99. The molecule has 138 valence electrons. The van der Waals surface area contributed by atoms with Crippen molar-refractivity contribution < 1.29 is 14.7 Å². The zero-order chi connectivity index (χ0) is 18.0. The van der Waals surface area contributed by atoms with E-state index in [2.05, 4.69) is 20.8 Å². The van der Waals surface area contributed by atoms with Gasteiger partial charge in [0.1, 0.15) is 6.29 Å². The molecule has 0 spiro atoms. The van der Waals surface area contributed by atoms with Gasteiger partial charge >= 0.3 is 0 Å². The summed E-state index contributed by atoms with van der Waals surface area (Å²) < 4.78 is 0. The number of carbonyl (C=O) groups is 2. The first-order valence-corrected chi connectivity index (χ1v) is 10.2. The summed E-state index contributed by atoms with van der Waals surface area (Å²) in [6.45, 7) is 6.74. The lowest BCUT2D eigenvalue weighted by molar-refractivity contribution is -0.128. The Morgan fingerprint density at radius 1 is 1.20 bits per heavy atom. The Bertz CT molecular complexity index is 623. The summed E-state index contributed by atoms with van der Waals surface area (Å²) in [5.74, 6) is 2.55. The number of carbonyl (C=O) groups excluding carboxylic acids is 2. The largest absolute Gasteiger partial charge is 0.392 e. The number of hydrogen-bond donors (Lipinski definition) is 1. The molecule has 3 fully saturated rings. The average Bonchev–Trinajstić information content (AvgIpc) is 2.93. The van der Waals surface area contributed by atoms with Gasteiger partial charge in [0.05, 0.1) is 6.10 Å². The quantitative estimate of drug-likeness (QED) is 0.772. The summed E-state index contributed by atoms with van der Waals surface area (Å²) in [4.78, 5) is 23.4.